The molecule has 0 saturated heterocycles. The number of halogens is 2. The smallest absolute Gasteiger partial charge is 0.253 e. The Balaban J connectivity index is 2.04. The van der Waals surface area contributed by atoms with Crippen molar-refractivity contribution < 1.29 is 9.90 Å². The van der Waals surface area contributed by atoms with E-state index in [-0.39, 0.29) is 24.5 Å². The first-order chi connectivity index (χ1) is 8.11. The summed E-state index contributed by atoms with van der Waals surface area (Å²) in [5.41, 5.74) is 0.658. The molecule has 1 amide bonds. The summed E-state index contributed by atoms with van der Waals surface area (Å²) < 4.78 is 1.76. The Morgan fingerprint density at radius 2 is 2.29 bits per heavy atom. The van der Waals surface area contributed by atoms with E-state index in [2.05, 4.69) is 37.2 Å². The molecule has 6 heteroatoms. The van der Waals surface area contributed by atoms with Gasteiger partial charge in [-0.1, -0.05) is 6.42 Å². The zero-order valence-corrected chi connectivity index (χ0v) is 13.1. The molecule has 2 N–H and O–H groups in total. The molecule has 1 saturated carbocycles. The zero-order chi connectivity index (χ0) is 12.4. The SMILES string of the molecule is O=C(NC1CCCC1CO)c1cc(Br)sc1Br. The lowest BCUT2D eigenvalue weighted by Gasteiger charge is -2.18. The Kier molecular flexibility index (Phi) is 4.63. The molecule has 1 aliphatic rings. The van der Waals surface area contributed by atoms with Crippen molar-refractivity contribution in [1.82, 2.24) is 5.32 Å². The van der Waals surface area contributed by atoms with Gasteiger partial charge in [0.25, 0.3) is 5.91 Å². The van der Waals surface area contributed by atoms with Gasteiger partial charge in [0.15, 0.2) is 0 Å². The van der Waals surface area contributed by atoms with Crippen molar-refractivity contribution in [3.63, 3.8) is 0 Å². The average Bonchev–Trinajstić information content (AvgIpc) is 2.84. The molecular weight excluding hydrogens is 370 g/mol. The predicted molar refractivity (Wildman–Crippen MR) is 75.4 cm³/mol. The molecule has 1 aromatic heterocycles. The molecule has 0 bridgehead atoms. The number of amides is 1. The van der Waals surface area contributed by atoms with Gasteiger partial charge in [0, 0.05) is 18.6 Å². The second-order valence-corrected chi connectivity index (χ2v) is 7.94. The summed E-state index contributed by atoms with van der Waals surface area (Å²) in [6, 6.07) is 1.92. The van der Waals surface area contributed by atoms with E-state index in [4.69, 9.17) is 0 Å². The van der Waals surface area contributed by atoms with Crippen molar-refractivity contribution in [2.24, 2.45) is 5.92 Å². The fourth-order valence-electron chi connectivity index (χ4n) is 2.19. The largest absolute Gasteiger partial charge is 0.396 e. The fourth-order valence-corrected chi connectivity index (χ4v) is 4.98. The summed E-state index contributed by atoms with van der Waals surface area (Å²) in [5, 5.41) is 12.2. The number of carbonyl (C=O) groups is 1. The molecule has 0 aliphatic heterocycles. The van der Waals surface area contributed by atoms with Crippen molar-refractivity contribution in [2.75, 3.05) is 6.61 Å². The molecule has 17 heavy (non-hydrogen) atoms. The molecule has 2 atom stereocenters. The highest BCUT2D eigenvalue weighted by molar-refractivity contribution is 9.12. The maximum Gasteiger partial charge on any atom is 0.253 e. The van der Waals surface area contributed by atoms with Gasteiger partial charge < -0.3 is 10.4 Å². The normalized spacial score (nSPS) is 23.9. The number of aliphatic hydroxyl groups is 1. The highest BCUT2D eigenvalue weighted by Gasteiger charge is 2.28. The van der Waals surface area contributed by atoms with E-state index in [0.29, 0.717) is 5.56 Å². The number of carbonyl (C=O) groups excluding carboxylic acids is 1. The van der Waals surface area contributed by atoms with Crippen LogP contribution in [0.2, 0.25) is 0 Å². The highest BCUT2D eigenvalue weighted by Crippen LogP contribution is 2.32. The maximum atomic E-state index is 12.1. The van der Waals surface area contributed by atoms with Gasteiger partial charge in [0.1, 0.15) is 0 Å². The van der Waals surface area contributed by atoms with Gasteiger partial charge in [0.2, 0.25) is 0 Å². The molecule has 0 radical (unpaired) electrons. The molecular formula is C11H13Br2NO2S. The van der Waals surface area contributed by atoms with Crippen molar-refractivity contribution in [2.45, 2.75) is 25.3 Å². The summed E-state index contributed by atoms with van der Waals surface area (Å²) in [4.78, 5) is 12.1. The van der Waals surface area contributed by atoms with Crippen LogP contribution >= 0.6 is 43.2 Å². The van der Waals surface area contributed by atoms with Gasteiger partial charge in [-0.25, -0.2) is 0 Å². The Hall–Kier alpha value is 0.0900. The molecule has 1 fully saturated rings. The third kappa shape index (κ3) is 3.10. The number of hydrogen-bond acceptors (Lipinski definition) is 3. The quantitative estimate of drug-likeness (QED) is 0.843. The zero-order valence-electron chi connectivity index (χ0n) is 9.08. The third-order valence-corrected chi connectivity index (χ3v) is 5.45. The van der Waals surface area contributed by atoms with Crippen LogP contribution in [0.5, 0.6) is 0 Å². The first-order valence-corrected chi connectivity index (χ1v) is 7.88. The van der Waals surface area contributed by atoms with Crippen molar-refractivity contribution >= 4 is 49.1 Å². The summed E-state index contributed by atoms with van der Waals surface area (Å²) in [5.74, 6) is 0.143. The van der Waals surface area contributed by atoms with Gasteiger partial charge >= 0.3 is 0 Å². The lowest BCUT2D eigenvalue weighted by molar-refractivity contribution is 0.0916. The first-order valence-electron chi connectivity index (χ1n) is 5.48. The minimum Gasteiger partial charge on any atom is -0.396 e. The highest BCUT2D eigenvalue weighted by atomic mass is 79.9. The number of hydrogen-bond donors (Lipinski definition) is 2. The van der Waals surface area contributed by atoms with Gasteiger partial charge in [-0.2, -0.15) is 0 Å². The number of aliphatic hydroxyl groups excluding tert-OH is 1. The van der Waals surface area contributed by atoms with Crippen molar-refractivity contribution in [3.8, 4) is 0 Å². The summed E-state index contributed by atoms with van der Waals surface area (Å²) in [6.45, 7) is 0.152. The first kappa shape index (κ1) is 13.5. The second-order valence-electron chi connectivity index (χ2n) is 4.19. The lowest BCUT2D eigenvalue weighted by atomic mass is 10.0. The molecule has 0 aromatic carbocycles. The molecule has 0 spiro atoms. The van der Waals surface area contributed by atoms with Crippen LogP contribution in [0.15, 0.2) is 13.6 Å². The minimum absolute atomic E-state index is 0.0656. The molecule has 2 unspecified atom stereocenters. The van der Waals surface area contributed by atoms with Gasteiger partial charge in [0.05, 0.1) is 13.1 Å². The Morgan fingerprint density at radius 3 is 2.88 bits per heavy atom. The van der Waals surface area contributed by atoms with Gasteiger partial charge in [-0.05, 0) is 50.8 Å². The van der Waals surface area contributed by atoms with Crippen LogP contribution in [-0.4, -0.2) is 23.7 Å². The van der Waals surface area contributed by atoms with E-state index >= 15 is 0 Å². The summed E-state index contributed by atoms with van der Waals surface area (Å²) >= 11 is 8.22. The topological polar surface area (TPSA) is 49.3 Å². The van der Waals surface area contributed by atoms with Crippen LogP contribution in [0, 0.1) is 5.92 Å². The molecule has 1 aliphatic carbocycles. The molecule has 3 nitrogen and oxygen atoms in total. The molecule has 2 rings (SSSR count). The fraction of sp³-hybridized carbons (Fsp3) is 0.545. The van der Waals surface area contributed by atoms with E-state index in [1.807, 2.05) is 6.07 Å². The lowest BCUT2D eigenvalue weighted by Crippen LogP contribution is -2.38. The van der Waals surface area contributed by atoms with Gasteiger partial charge in [-0.3, -0.25) is 4.79 Å². The minimum atomic E-state index is -0.0656. The van der Waals surface area contributed by atoms with E-state index in [1.54, 1.807) is 0 Å². The van der Waals surface area contributed by atoms with Crippen LogP contribution in [0.3, 0.4) is 0 Å². The molecule has 1 heterocycles. The monoisotopic (exact) mass is 381 g/mol. The maximum absolute atomic E-state index is 12.1. The van der Waals surface area contributed by atoms with Crippen molar-refractivity contribution in [1.29, 1.82) is 0 Å². The summed E-state index contributed by atoms with van der Waals surface area (Å²) in [6.07, 6.45) is 3.03. The average molecular weight is 383 g/mol. The Morgan fingerprint density at radius 1 is 1.53 bits per heavy atom. The van der Waals surface area contributed by atoms with Crippen LogP contribution in [0.25, 0.3) is 0 Å². The summed E-state index contributed by atoms with van der Waals surface area (Å²) in [7, 11) is 0. The molecule has 1 aromatic rings. The second kappa shape index (κ2) is 5.82. The number of nitrogens with one attached hydrogen (secondary N) is 1. The van der Waals surface area contributed by atoms with E-state index in [9.17, 15) is 9.90 Å². The van der Waals surface area contributed by atoms with E-state index in [1.165, 1.54) is 11.3 Å². The Bertz CT molecular complexity index is 422. The van der Waals surface area contributed by atoms with Crippen LogP contribution in [0.4, 0.5) is 0 Å². The predicted octanol–water partition coefficient (Wildman–Crippen LogP) is 3.16. The molecule has 94 valence electrons. The van der Waals surface area contributed by atoms with Crippen LogP contribution in [0.1, 0.15) is 29.6 Å². The van der Waals surface area contributed by atoms with Crippen LogP contribution < -0.4 is 5.32 Å². The number of thiophene rings is 1. The Labute approximate surface area is 121 Å². The van der Waals surface area contributed by atoms with Crippen molar-refractivity contribution in [3.05, 3.63) is 19.2 Å². The van der Waals surface area contributed by atoms with E-state index < -0.39 is 0 Å². The van der Waals surface area contributed by atoms with E-state index in [0.717, 1.165) is 26.8 Å². The standard InChI is InChI=1S/C11H13Br2NO2S/c12-9-4-7(10(13)17-9)11(16)14-8-3-1-2-6(8)5-15/h4,6,8,15H,1-3,5H2,(H,14,16). The third-order valence-electron chi connectivity index (χ3n) is 3.11. The van der Waals surface area contributed by atoms with Gasteiger partial charge in [-0.15, -0.1) is 11.3 Å². The number of rotatable bonds is 3. The van der Waals surface area contributed by atoms with Crippen LogP contribution in [-0.2, 0) is 0 Å².